The maximum absolute atomic E-state index is 13.6. The molecule has 0 saturated heterocycles. The number of methoxy groups -OCH3 is 1. The summed E-state index contributed by atoms with van der Waals surface area (Å²) in [5.74, 6) is -2.70. The summed E-state index contributed by atoms with van der Waals surface area (Å²) >= 11 is 2.90. The molecule has 7 heteroatoms. The van der Waals surface area contributed by atoms with E-state index in [0.717, 1.165) is 6.07 Å². The van der Waals surface area contributed by atoms with Gasteiger partial charge in [-0.3, -0.25) is 4.79 Å². The zero-order chi connectivity index (χ0) is 15.6. The lowest BCUT2D eigenvalue weighted by Gasteiger charge is -2.10. The summed E-state index contributed by atoms with van der Waals surface area (Å²) in [5.41, 5.74) is -0.301. The smallest absolute Gasteiger partial charge is 0.259 e. The number of nitrogens with one attached hydrogen (secondary N) is 1. The molecule has 0 saturated carbocycles. The van der Waals surface area contributed by atoms with Gasteiger partial charge in [0.25, 0.3) is 5.91 Å². The lowest BCUT2D eigenvalue weighted by Crippen LogP contribution is -2.13. The normalized spacial score (nSPS) is 10.3. The van der Waals surface area contributed by atoms with Gasteiger partial charge in [-0.1, -0.05) is 6.07 Å². The van der Waals surface area contributed by atoms with E-state index < -0.39 is 17.5 Å². The molecular formula is C14H10BrF2NO3. The Morgan fingerprint density at radius 3 is 2.67 bits per heavy atom. The van der Waals surface area contributed by atoms with Gasteiger partial charge < -0.3 is 15.2 Å². The fourth-order valence-corrected chi connectivity index (χ4v) is 2.02. The van der Waals surface area contributed by atoms with Gasteiger partial charge in [-0.2, -0.15) is 0 Å². The zero-order valence-electron chi connectivity index (χ0n) is 10.8. The summed E-state index contributed by atoms with van der Waals surface area (Å²) in [4.78, 5) is 12.0. The number of phenolic OH excluding ortho intramolecular Hbond substituents is 1. The van der Waals surface area contributed by atoms with E-state index in [9.17, 15) is 18.7 Å². The molecule has 4 nitrogen and oxygen atoms in total. The van der Waals surface area contributed by atoms with Crippen LogP contribution in [-0.2, 0) is 0 Å². The summed E-state index contributed by atoms with van der Waals surface area (Å²) in [7, 11) is 1.34. The van der Waals surface area contributed by atoms with E-state index in [1.807, 2.05) is 0 Å². The Hall–Kier alpha value is -2.15. The summed E-state index contributed by atoms with van der Waals surface area (Å²) in [6, 6.07) is 6.07. The number of halogens is 3. The Morgan fingerprint density at radius 1 is 1.29 bits per heavy atom. The number of aromatic hydroxyl groups is 1. The third-order valence-electron chi connectivity index (χ3n) is 2.72. The minimum atomic E-state index is -0.925. The van der Waals surface area contributed by atoms with Gasteiger partial charge in [0, 0.05) is 6.07 Å². The van der Waals surface area contributed by atoms with Crippen molar-refractivity contribution in [1.82, 2.24) is 0 Å². The van der Waals surface area contributed by atoms with E-state index in [1.54, 1.807) is 0 Å². The summed E-state index contributed by atoms with van der Waals surface area (Å²) in [6.07, 6.45) is 0. The van der Waals surface area contributed by atoms with Gasteiger partial charge >= 0.3 is 0 Å². The number of carbonyl (C=O) groups excluding carboxylic acids is 1. The van der Waals surface area contributed by atoms with Gasteiger partial charge in [0.1, 0.15) is 11.6 Å². The van der Waals surface area contributed by atoms with Gasteiger partial charge in [0.05, 0.1) is 22.8 Å². The molecule has 2 aromatic rings. The highest BCUT2D eigenvalue weighted by Gasteiger charge is 2.17. The van der Waals surface area contributed by atoms with Crippen LogP contribution in [0.15, 0.2) is 34.8 Å². The Morgan fingerprint density at radius 2 is 2.00 bits per heavy atom. The van der Waals surface area contributed by atoms with Crippen LogP contribution in [0.1, 0.15) is 10.4 Å². The fourth-order valence-electron chi connectivity index (χ4n) is 1.68. The van der Waals surface area contributed by atoms with Crippen molar-refractivity contribution in [3.05, 3.63) is 52.0 Å². The van der Waals surface area contributed by atoms with Crippen LogP contribution in [0, 0.1) is 11.6 Å². The molecule has 0 spiro atoms. The molecular weight excluding hydrogens is 348 g/mol. The molecule has 0 atom stereocenters. The molecule has 2 rings (SSSR count). The second-order valence-electron chi connectivity index (χ2n) is 4.06. The molecule has 0 aliphatic heterocycles. The molecule has 0 aromatic heterocycles. The maximum atomic E-state index is 13.6. The number of hydrogen-bond donors (Lipinski definition) is 2. The van der Waals surface area contributed by atoms with Gasteiger partial charge in [-0.25, -0.2) is 8.78 Å². The van der Waals surface area contributed by atoms with E-state index in [0.29, 0.717) is 6.07 Å². The quantitative estimate of drug-likeness (QED) is 0.823. The van der Waals surface area contributed by atoms with Crippen molar-refractivity contribution in [2.24, 2.45) is 0 Å². The number of anilines is 1. The highest BCUT2D eigenvalue weighted by molar-refractivity contribution is 9.10. The zero-order valence-corrected chi connectivity index (χ0v) is 12.4. The van der Waals surface area contributed by atoms with Gasteiger partial charge in [-0.15, -0.1) is 0 Å². The van der Waals surface area contributed by atoms with Crippen molar-refractivity contribution in [2.75, 3.05) is 12.4 Å². The number of phenols is 1. The number of ether oxygens (including phenoxy) is 1. The maximum Gasteiger partial charge on any atom is 0.259 e. The van der Waals surface area contributed by atoms with Gasteiger partial charge in [0.15, 0.2) is 11.5 Å². The van der Waals surface area contributed by atoms with Crippen molar-refractivity contribution in [1.29, 1.82) is 0 Å². The SMILES string of the molecule is COc1cccc(C(=O)Nc2cc(Br)c(F)cc2F)c1O. The number of hydrogen-bond acceptors (Lipinski definition) is 3. The van der Waals surface area contributed by atoms with Crippen molar-refractivity contribution < 1.29 is 23.4 Å². The molecule has 0 bridgehead atoms. The topological polar surface area (TPSA) is 58.6 Å². The summed E-state index contributed by atoms with van der Waals surface area (Å²) < 4.78 is 31.6. The molecule has 21 heavy (non-hydrogen) atoms. The average Bonchev–Trinajstić information content (AvgIpc) is 2.44. The van der Waals surface area contributed by atoms with Crippen LogP contribution in [0.3, 0.4) is 0 Å². The van der Waals surface area contributed by atoms with E-state index in [1.165, 1.54) is 25.3 Å². The van der Waals surface area contributed by atoms with Crippen LogP contribution in [0.25, 0.3) is 0 Å². The Labute approximate surface area is 127 Å². The van der Waals surface area contributed by atoms with Crippen LogP contribution in [0.4, 0.5) is 14.5 Å². The fraction of sp³-hybridized carbons (Fsp3) is 0.0714. The molecule has 0 radical (unpaired) electrons. The molecule has 0 aliphatic carbocycles. The van der Waals surface area contributed by atoms with Crippen molar-refractivity contribution in [2.45, 2.75) is 0 Å². The minimum Gasteiger partial charge on any atom is -0.504 e. The van der Waals surface area contributed by atoms with Crippen molar-refractivity contribution in [3.63, 3.8) is 0 Å². The van der Waals surface area contributed by atoms with Gasteiger partial charge in [0.2, 0.25) is 0 Å². The first-order valence-electron chi connectivity index (χ1n) is 5.76. The number of benzene rings is 2. The van der Waals surface area contributed by atoms with E-state index >= 15 is 0 Å². The van der Waals surface area contributed by atoms with Crippen LogP contribution in [0.2, 0.25) is 0 Å². The predicted octanol–water partition coefficient (Wildman–Crippen LogP) is 3.69. The van der Waals surface area contributed by atoms with E-state index in [2.05, 4.69) is 21.2 Å². The van der Waals surface area contributed by atoms with Crippen LogP contribution >= 0.6 is 15.9 Å². The van der Waals surface area contributed by atoms with Crippen LogP contribution in [0.5, 0.6) is 11.5 Å². The first-order chi connectivity index (χ1) is 9.93. The van der Waals surface area contributed by atoms with E-state index in [-0.39, 0.29) is 27.2 Å². The second-order valence-corrected chi connectivity index (χ2v) is 4.91. The van der Waals surface area contributed by atoms with Gasteiger partial charge in [-0.05, 0) is 34.1 Å². The third-order valence-corrected chi connectivity index (χ3v) is 3.33. The highest BCUT2D eigenvalue weighted by Crippen LogP contribution is 2.30. The largest absolute Gasteiger partial charge is 0.504 e. The Bertz CT molecular complexity index is 707. The molecule has 0 fully saturated rings. The molecule has 0 unspecified atom stereocenters. The number of para-hydroxylation sites is 1. The number of rotatable bonds is 3. The Balaban J connectivity index is 2.33. The van der Waals surface area contributed by atoms with Crippen molar-refractivity contribution in [3.8, 4) is 11.5 Å². The molecule has 2 aromatic carbocycles. The molecule has 110 valence electrons. The predicted molar refractivity (Wildman–Crippen MR) is 76.7 cm³/mol. The monoisotopic (exact) mass is 357 g/mol. The first kappa shape index (κ1) is 15.2. The van der Waals surface area contributed by atoms with E-state index in [4.69, 9.17) is 4.74 Å². The van der Waals surface area contributed by atoms with Crippen molar-refractivity contribution >= 4 is 27.5 Å². The summed E-state index contributed by atoms with van der Waals surface area (Å²) in [6.45, 7) is 0. The minimum absolute atomic E-state index is 0.00839. The first-order valence-corrected chi connectivity index (χ1v) is 6.55. The molecule has 2 N–H and O–H groups in total. The number of amides is 1. The lowest BCUT2D eigenvalue weighted by atomic mass is 10.1. The average molecular weight is 358 g/mol. The Kier molecular flexibility index (Phi) is 4.42. The third kappa shape index (κ3) is 3.13. The van der Waals surface area contributed by atoms with Crippen LogP contribution in [-0.4, -0.2) is 18.1 Å². The summed E-state index contributed by atoms with van der Waals surface area (Å²) in [5, 5.41) is 12.1. The van der Waals surface area contributed by atoms with Crippen LogP contribution < -0.4 is 10.1 Å². The molecule has 0 aliphatic rings. The second kappa shape index (κ2) is 6.09. The standard InChI is InChI=1S/C14H10BrF2NO3/c1-21-12-4-2-3-7(13(12)19)14(20)18-11-5-8(15)9(16)6-10(11)17/h2-6,19H,1H3,(H,18,20). The number of carbonyl (C=O) groups is 1. The highest BCUT2D eigenvalue weighted by atomic mass is 79.9. The lowest BCUT2D eigenvalue weighted by molar-refractivity contribution is 0.102. The molecule has 1 amide bonds. The molecule has 0 heterocycles.